The number of anilines is 1. The van der Waals surface area contributed by atoms with Crippen LogP contribution in [0.2, 0.25) is 0 Å². The number of aryl methyl sites for hydroxylation is 1. The number of aromatic nitrogens is 1. The van der Waals surface area contributed by atoms with E-state index in [1.165, 1.54) is 0 Å². The van der Waals surface area contributed by atoms with E-state index in [1.807, 2.05) is 24.8 Å². The number of aliphatic imine (C=N–C) groups is 1. The van der Waals surface area contributed by atoms with E-state index in [0.29, 0.717) is 37.7 Å². The SMILES string of the molecule is CCC(=O)N1CCC(NC(=NC)NCCC(=O)Nc2ccc(C)cn2)C1.I. The predicted molar refractivity (Wildman–Crippen MR) is 117 cm³/mol. The Morgan fingerprint density at radius 2 is 2.15 bits per heavy atom. The van der Waals surface area contributed by atoms with E-state index in [-0.39, 0.29) is 41.8 Å². The van der Waals surface area contributed by atoms with Crippen molar-refractivity contribution < 1.29 is 9.59 Å². The highest BCUT2D eigenvalue weighted by Crippen LogP contribution is 2.10. The Morgan fingerprint density at radius 1 is 1.37 bits per heavy atom. The first kappa shape index (κ1) is 23.1. The zero-order valence-corrected chi connectivity index (χ0v) is 18.4. The van der Waals surface area contributed by atoms with Crippen molar-refractivity contribution in [3.63, 3.8) is 0 Å². The number of likely N-dealkylation sites (tertiary alicyclic amines) is 1. The van der Waals surface area contributed by atoms with Crippen LogP contribution < -0.4 is 16.0 Å². The number of halogens is 1. The Morgan fingerprint density at radius 3 is 2.78 bits per heavy atom. The quantitative estimate of drug-likeness (QED) is 0.321. The molecule has 0 aliphatic carbocycles. The molecule has 1 aromatic rings. The third-order valence-electron chi connectivity index (χ3n) is 4.23. The maximum Gasteiger partial charge on any atom is 0.227 e. The molecular formula is C18H29IN6O2. The lowest BCUT2D eigenvalue weighted by atomic mass is 10.3. The van der Waals surface area contributed by atoms with E-state index in [0.717, 1.165) is 18.5 Å². The van der Waals surface area contributed by atoms with Gasteiger partial charge in [-0.3, -0.25) is 14.6 Å². The van der Waals surface area contributed by atoms with E-state index in [4.69, 9.17) is 0 Å². The molecule has 3 N–H and O–H groups in total. The average molecular weight is 488 g/mol. The number of hydrogen-bond acceptors (Lipinski definition) is 4. The minimum atomic E-state index is -0.107. The van der Waals surface area contributed by atoms with Crippen LogP contribution in [0.25, 0.3) is 0 Å². The van der Waals surface area contributed by atoms with Gasteiger partial charge in [-0.05, 0) is 25.0 Å². The summed E-state index contributed by atoms with van der Waals surface area (Å²) in [5.41, 5.74) is 1.05. The second-order valence-electron chi connectivity index (χ2n) is 6.34. The van der Waals surface area contributed by atoms with Gasteiger partial charge >= 0.3 is 0 Å². The zero-order valence-electron chi connectivity index (χ0n) is 16.1. The first-order chi connectivity index (χ1) is 12.5. The summed E-state index contributed by atoms with van der Waals surface area (Å²) in [6.45, 7) is 5.74. The fourth-order valence-corrected chi connectivity index (χ4v) is 2.76. The molecule has 150 valence electrons. The van der Waals surface area contributed by atoms with Gasteiger partial charge in [0.2, 0.25) is 11.8 Å². The normalized spacial score (nSPS) is 16.5. The lowest BCUT2D eigenvalue weighted by molar-refractivity contribution is -0.129. The highest BCUT2D eigenvalue weighted by molar-refractivity contribution is 14.0. The van der Waals surface area contributed by atoms with Crippen LogP contribution in [-0.2, 0) is 9.59 Å². The van der Waals surface area contributed by atoms with E-state index in [2.05, 4.69) is 25.9 Å². The molecular weight excluding hydrogens is 459 g/mol. The fourth-order valence-electron chi connectivity index (χ4n) is 2.76. The molecule has 0 radical (unpaired) electrons. The molecule has 27 heavy (non-hydrogen) atoms. The molecule has 1 saturated heterocycles. The van der Waals surface area contributed by atoms with Crippen LogP contribution in [0.5, 0.6) is 0 Å². The van der Waals surface area contributed by atoms with Crippen LogP contribution in [0.4, 0.5) is 5.82 Å². The molecule has 0 aromatic carbocycles. The molecule has 9 heteroatoms. The molecule has 1 fully saturated rings. The maximum atomic E-state index is 12.0. The van der Waals surface area contributed by atoms with Crippen LogP contribution >= 0.6 is 24.0 Å². The van der Waals surface area contributed by atoms with Crippen molar-refractivity contribution in [1.29, 1.82) is 0 Å². The summed E-state index contributed by atoms with van der Waals surface area (Å²) in [5, 5.41) is 9.20. The van der Waals surface area contributed by atoms with Gasteiger partial charge in [-0.2, -0.15) is 0 Å². The Kier molecular flexibility index (Phi) is 10.0. The summed E-state index contributed by atoms with van der Waals surface area (Å²) in [5.74, 6) is 1.26. The number of amides is 2. The van der Waals surface area contributed by atoms with Gasteiger partial charge < -0.3 is 20.9 Å². The number of hydrogen-bond donors (Lipinski definition) is 3. The van der Waals surface area contributed by atoms with Crippen LogP contribution in [0, 0.1) is 6.92 Å². The summed E-state index contributed by atoms with van der Waals surface area (Å²) in [7, 11) is 1.69. The monoisotopic (exact) mass is 488 g/mol. The number of rotatable bonds is 6. The summed E-state index contributed by atoms with van der Waals surface area (Å²) < 4.78 is 0. The number of carbonyl (C=O) groups is 2. The average Bonchev–Trinajstić information content (AvgIpc) is 3.10. The van der Waals surface area contributed by atoms with Gasteiger partial charge in [-0.25, -0.2) is 4.98 Å². The molecule has 0 spiro atoms. The minimum Gasteiger partial charge on any atom is -0.356 e. The number of pyridine rings is 1. The summed E-state index contributed by atoms with van der Waals surface area (Å²) in [6, 6.07) is 3.87. The largest absolute Gasteiger partial charge is 0.356 e. The first-order valence-electron chi connectivity index (χ1n) is 8.99. The standard InChI is InChI=1S/C18H28N6O2.HI/c1-4-17(26)24-10-8-14(12-24)22-18(19-3)20-9-7-16(25)23-15-6-5-13(2)11-21-15;/h5-6,11,14H,4,7-10,12H2,1-3H3,(H2,19,20,22)(H,21,23,25);1H. The van der Waals surface area contributed by atoms with Gasteiger partial charge in [0.25, 0.3) is 0 Å². The predicted octanol–water partition coefficient (Wildman–Crippen LogP) is 1.51. The molecule has 0 saturated carbocycles. The van der Waals surface area contributed by atoms with Gasteiger partial charge in [0.1, 0.15) is 5.82 Å². The van der Waals surface area contributed by atoms with Crippen molar-refractivity contribution >= 4 is 47.6 Å². The third-order valence-corrected chi connectivity index (χ3v) is 4.23. The molecule has 2 amide bonds. The third kappa shape index (κ3) is 7.69. The van der Waals surface area contributed by atoms with Crippen LogP contribution in [0.1, 0.15) is 31.7 Å². The molecule has 1 aliphatic heterocycles. The van der Waals surface area contributed by atoms with Crippen molar-refractivity contribution in [1.82, 2.24) is 20.5 Å². The molecule has 0 bridgehead atoms. The Bertz CT molecular complexity index is 650. The molecule has 1 aliphatic rings. The van der Waals surface area contributed by atoms with Crippen molar-refractivity contribution in [3.05, 3.63) is 23.9 Å². The van der Waals surface area contributed by atoms with Crippen LogP contribution in [-0.4, -0.2) is 60.4 Å². The van der Waals surface area contributed by atoms with Gasteiger partial charge in [-0.15, -0.1) is 24.0 Å². The number of carbonyl (C=O) groups excluding carboxylic acids is 2. The Balaban J connectivity index is 0.00000364. The number of nitrogens with zero attached hydrogens (tertiary/aromatic N) is 3. The summed E-state index contributed by atoms with van der Waals surface area (Å²) >= 11 is 0. The maximum absolute atomic E-state index is 12.0. The molecule has 8 nitrogen and oxygen atoms in total. The van der Waals surface area contributed by atoms with Crippen molar-refractivity contribution in [2.24, 2.45) is 4.99 Å². The van der Waals surface area contributed by atoms with Gasteiger partial charge in [0.15, 0.2) is 5.96 Å². The first-order valence-corrected chi connectivity index (χ1v) is 8.99. The molecule has 1 aromatic heterocycles. The van der Waals surface area contributed by atoms with Gasteiger partial charge in [0, 0.05) is 51.8 Å². The molecule has 1 unspecified atom stereocenters. The van der Waals surface area contributed by atoms with Crippen molar-refractivity contribution in [2.75, 3.05) is 32.0 Å². The van der Waals surface area contributed by atoms with Crippen LogP contribution in [0.15, 0.2) is 23.3 Å². The Labute approximate surface area is 177 Å². The molecule has 1 atom stereocenters. The van der Waals surface area contributed by atoms with Crippen molar-refractivity contribution in [3.8, 4) is 0 Å². The summed E-state index contributed by atoms with van der Waals surface area (Å²) in [4.78, 5) is 33.9. The van der Waals surface area contributed by atoms with Crippen molar-refractivity contribution in [2.45, 2.75) is 39.2 Å². The molecule has 2 rings (SSSR count). The lowest BCUT2D eigenvalue weighted by Crippen LogP contribution is -2.45. The van der Waals surface area contributed by atoms with Gasteiger partial charge in [0.05, 0.1) is 0 Å². The zero-order chi connectivity index (χ0) is 18.9. The van der Waals surface area contributed by atoms with Gasteiger partial charge in [-0.1, -0.05) is 13.0 Å². The van der Waals surface area contributed by atoms with E-state index < -0.39 is 0 Å². The molecule has 2 heterocycles. The second kappa shape index (κ2) is 11.7. The number of nitrogens with one attached hydrogen (secondary N) is 3. The highest BCUT2D eigenvalue weighted by Gasteiger charge is 2.25. The van der Waals surface area contributed by atoms with E-state index >= 15 is 0 Å². The topological polar surface area (TPSA) is 98.7 Å². The number of guanidine groups is 1. The summed E-state index contributed by atoms with van der Waals surface area (Å²) in [6.07, 6.45) is 3.45. The second-order valence-corrected chi connectivity index (χ2v) is 6.34. The fraction of sp³-hybridized carbons (Fsp3) is 0.556. The van der Waals surface area contributed by atoms with Crippen LogP contribution in [0.3, 0.4) is 0 Å². The highest BCUT2D eigenvalue weighted by atomic mass is 127. The lowest BCUT2D eigenvalue weighted by Gasteiger charge is -2.18. The van der Waals surface area contributed by atoms with E-state index in [1.54, 1.807) is 19.3 Å². The Hall–Kier alpha value is -1.91. The minimum absolute atomic E-state index is 0. The smallest absolute Gasteiger partial charge is 0.227 e. The van der Waals surface area contributed by atoms with E-state index in [9.17, 15) is 9.59 Å².